The standard InChI is InChI=1S/C16H25NO/c1-3-5-14-6-8-15(9-7-14)16(18)10-12-17(4-2)13-11-16/h6-9,18H,3-5,10-13H2,1-2H3. The summed E-state index contributed by atoms with van der Waals surface area (Å²) in [5.74, 6) is 0. The molecule has 1 heterocycles. The van der Waals surface area contributed by atoms with Crippen LogP contribution in [-0.2, 0) is 12.0 Å². The van der Waals surface area contributed by atoms with Crippen LogP contribution < -0.4 is 0 Å². The number of aryl methyl sites for hydroxylation is 1. The maximum Gasteiger partial charge on any atom is 0.0920 e. The molecule has 0 unspecified atom stereocenters. The number of nitrogens with zero attached hydrogens (tertiary/aromatic N) is 1. The van der Waals surface area contributed by atoms with Crippen molar-refractivity contribution in [2.75, 3.05) is 19.6 Å². The first kappa shape index (κ1) is 13.6. The third kappa shape index (κ3) is 2.93. The zero-order chi connectivity index (χ0) is 13.0. The Balaban J connectivity index is 2.06. The van der Waals surface area contributed by atoms with Gasteiger partial charge in [0.25, 0.3) is 0 Å². The fourth-order valence-corrected chi connectivity index (χ4v) is 2.80. The molecule has 0 amide bonds. The predicted octanol–water partition coefficient (Wildman–Crippen LogP) is 2.94. The van der Waals surface area contributed by atoms with E-state index in [9.17, 15) is 5.11 Å². The van der Waals surface area contributed by atoms with Crippen LogP contribution in [-0.4, -0.2) is 29.6 Å². The van der Waals surface area contributed by atoms with Crippen LogP contribution in [0.4, 0.5) is 0 Å². The van der Waals surface area contributed by atoms with Crippen molar-refractivity contribution in [2.24, 2.45) is 0 Å². The minimum Gasteiger partial charge on any atom is -0.385 e. The third-order valence-corrected chi connectivity index (χ3v) is 4.16. The lowest BCUT2D eigenvalue weighted by atomic mass is 9.84. The fraction of sp³-hybridized carbons (Fsp3) is 0.625. The Hall–Kier alpha value is -0.860. The minimum atomic E-state index is -0.601. The number of benzene rings is 1. The van der Waals surface area contributed by atoms with Crippen molar-refractivity contribution in [3.8, 4) is 0 Å². The number of likely N-dealkylation sites (tertiary alicyclic amines) is 1. The number of piperidine rings is 1. The molecule has 0 aliphatic carbocycles. The zero-order valence-corrected chi connectivity index (χ0v) is 11.7. The van der Waals surface area contributed by atoms with E-state index in [1.165, 1.54) is 12.0 Å². The second kappa shape index (κ2) is 5.85. The Morgan fingerprint density at radius 2 is 1.72 bits per heavy atom. The van der Waals surface area contributed by atoms with E-state index < -0.39 is 5.60 Å². The van der Waals surface area contributed by atoms with Gasteiger partial charge in [0, 0.05) is 13.1 Å². The highest BCUT2D eigenvalue weighted by Crippen LogP contribution is 2.32. The summed E-state index contributed by atoms with van der Waals surface area (Å²) in [7, 11) is 0. The largest absolute Gasteiger partial charge is 0.385 e. The molecule has 1 fully saturated rings. The molecule has 1 saturated heterocycles. The first-order valence-electron chi connectivity index (χ1n) is 7.22. The van der Waals surface area contributed by atoms with Crippen LogP contribution in [0, 0.1) is 0 Å². The van der Waals surface area contributed by atoms with E-state index in [0.717, 1.165) is 44.5 Å². The molecule has 2 nitrogen and oxygen atoms in total. The first-order valence-corrected chi connectivity index (χ1v) is 7.22. The summed E-state index contributed by atoms with van der Waals surface area (Å²) >= 11 is 0. The number of aliphatic hydroxyl groups is 1. The van der Waals surface area contributed by atoms with E-state index in [4.69, 9.17) is 0 Å². The number of hydrogen-bond acceptors (Lipinski definition) is 2. The second-order valence-corrected chi connectivity index (χ2v) is 5.41. The lowest BCUT2D eigenvalue weighted by molar-refractivity contribution is -0.0247. The van der Waals surface area contributed by atoms with Crippen LogP contribution in [0.3, 0.4) is 0 Å². The Kier molecular flexibility index (Phi) is 4.41. The van der Waals surface area contributed by atoms with E-state index in [-0.39, 0.29) is 0 Å². The molecule has 0 spiro atoms. The summed E-state index contributed by atoms with van der Waals surface area (Å²) in [5.41, 5.74) is 1.87. The Bertz CT molecular complexity index is 363. The van der Waals surface area contributed by atoms with Gasteiger partial charge in [0.15, 0.2) is 0 Å². The molecule has 2 rings (SSSR count). The van der Waals surface area contributed by atoms with Gasteiger partial charge in [-0.25, -0.2) is 0 Å². The zero-order valence-electron chi connectivity index (χ0n) is 11.7. The summed E-state index contributed by atoms with van der Waals surface area (Å²) in [6, 6.07) is 8.57. The average molecular weight is 247 g/mol. The molecule has 1 aliphatic heterocycles. The van der Waals surface area contributed by atoms with Crippen molar-refractivity contribution in [3.05, 3.63) is 35.4 Å². The quantitative estimate of drug-likeness (QED) is 0.884. The van der Waals surface area contributed by atoms with E-state index in [1.807, 2.05) is 0 Å². The molecule has 0 radical (unpaired) electrons. The highest BCUT2D eigenvalue weighted by molar-refractivity contribution is 5.28. The third-order valence-electron chi connectivity index (χ3n) is 4.16. The van der Waals surface area contributed by atoms with Crippen molar-refractivity contribution in [1.29, 1.82) is 0 Å². The highest BCUT2D eigenvalue weighted by atomic mass is 16.3. The van der Waals surface area contributed by atoms with Gasteiger partial charge in [-0.05, 0) is 36.9 Å². The molecular weight excluding hydrogens is 222 g/mol. The Morgan fingerprint density at radius 1 is 1.11 bits per heavy atom. The summed E-state index contributed by atoms with van der Waals surface area (Å²) in [5, 5.41) is 10.8. The van der Waals surface area contributed by atoms with Gasteiger partial charge in [-0.2, -0.15) is 0 Å². The van der Waals surface area contributed by atoms with Crippen LogP contribution in [0.15, 0.2) is 24.3 Å². The smallest absolute Gasteiger partial charge is 0.0920 e. The molecule has 0 aromatic heterocycles. The Morgan fingerprint density at radius 3 is 2.22 bits per heavy atom. The molecule has 1 aromatic rings. The normalized spacial score (nSPS) is 19.9. The van der Waals surface area contributed by atoms with Crippen molar-refractivity contribution in [3.63, 3.8) is 0 Å². The molecular formula is C16H25NO. The Labute approximate surface area is 111 Å². The predicted molar refractivity (Wildman–Crippen MR) is 75.7 cm³/mol. The van der Waals surface area contributed by atoms with E-state index in [1.54, 1.807) is 0 Å². The van der Waals surface area contributed by atoms with Crippen LogP contribution in [0.5, 0.6) is 0 Å². The van der Waals surface area contributed by atoms with Gasteiger partial charge in [0.05, 0.1) is 5.60 Å². The summed E-state index contributed by atoms with van der Waals surface area (Å²) in [6.07, 6.45) is 4.01. The number of hydrogen-bond donors (Lipinski definition) is 1. The lowest BCUT2D eigenvalue weighted by Gasteiger charge is -2.38. The molecule has 0 saturated carbocycles. The van der Waals surface area contributed by atoms with Crippen molar-refractivity contribution in [2.45, 2.75) is 45.1 Å². The van der Waals surface area contributed by atoms with E-state index in [2.05, 4.69) is 43.0 Å². The molecule has 1 aliphatic rings. The first-order chi connectivity index (χ1) is 8.68. The van der Waals surface area contributed by atoms with Crippen LogP contribution in [0.25, 0.3) is 0 Å². The van der Waals surface area contributed by atoms with Crippen LogP contribution >= 0.6 is 0 Å². The lowest BCUT2D eigenvalue weighted by Crippen LogP contribution is -2.42. The summed E-state index contributed by atoms with van der Waals surface area (Å²) < 4.78 is 0. The monoisotopic (exact) mass is 247 g/mol. The van der Waals surface area contributed by atoms with Crippen molar-refractivity contribution >= 4 is 0 Å². The van der Waals surface area contributed by atoms with Gasteiger partial charge < -0.3 is 10.0 Å². The minimum absolute atomic E-state index is 0.601. The molecule has 1 N–H and O–H groups in total. The van der Waals surface area contributed by atoms with E-state index in [0.29, 0.717) is 0 Å². The van der Waals surface area contributed by atoms with Crippen LogP contribution in [0.2, 0.25) is 0 Å². The number of rotatable bonds is 4. The SMILES string of the molecule is CCCc1ccc(C2(O)CCN(CC)CC2)cc1. The average Bonchev–Trinajstić information content (AvgIpc) is 2.41. The van der Waals surface area contributed by atoms with Gasteiger partial charge in [0.1, 0.15) is 0 Å². The fourth-order valence-electron chi connectivity index (χ4n) is 2.80. The van der Waals surface area contributed by atoms with Gasteiger partial charge >= 0.3 is 0 Å². The maximum atomic E-state index is 10.8. The summed E-state index contributed by atoms with van der Waals surface area (Å²) in [4.78, 5) is 2.40. The molecule has 0 bridgehead atoms. The maximum absolute atomic E-state index is 10.8. The molecule has 1 aromatic carbocycles. The molecule has 2 heteroatoms. The van der Waals surface area contributed by atoms with Crippen molar-refractivity contribution < 1.29 is 5.11 Å². The van der Waals surface area contributed by atoms with Gasteiger partial charge in [-0.1, -0.05) is 44.5 Å². The van der Waals surface area contributed by atoms with Gasteiger partial charge in [-0.3, -0.25) is 0 Å². The molecule has 18 heavy (non-hydrogen) atoms. The second-order valence-electron chi connectivity index (χ2n) is 5.41. The van der Waals surface area contributed by atoms with Gasteiger partial charge in [-0.15, -0.1) is 0 Å². The topological polar surface area (TPSA) is 23.5 Å². The molecule has 100 valence electrons. The molecule has 0 atom stereocenters. The summed E-state index contributed by atoms with van der Waals surface area (Å²) in [6.45, 7) is 7.48. The van der Waals surface area contributed by atoms with Crippen LogP contribution in [0.1, 0.15) is 44.2 Å². The van der Waals surface area contributed by atoms with Gasteiger partial charge in [0.2, 0.25) is 0 Å². The van der Waals surface area contributed by atoms with Crippen molar-refractivity contribution in [1.82, 2.24) is 4.90 Å². The van der Waals surface area contributed by atoms with E-state index >= 15 is 0 Å². The highest BCUT2D eigenvalue weighted by Gasteiger charge is 2.33.